The van der Waals surface area contributed by atoms with Crippen LogP contribution in [0.5, 0.6) is 0 Å². The summed E-state index contributed by atoms with van der Waals surface area (Å²) in [6, 6.07) is 9.63. The number of carbonyl (C=O) groups excluding carboxylic acids is 1. The van der Waals surface area contributed by atoms with Crippen LogP contribution in [0.15, 0.2) is 30.3 Å². The molecule has 0 bridgehead atoms. The maximum Gasteiger partial charge on any atom is 0.410 e. The second-order valence-corrected chi connectivity index (χ2v) is 5.91. The van der Waals surface area contributed by atoms with Crippen molar-refractivity contribution in [3.8, 4) is 0 Å². The Hall–Kier alpha value is -1.07. The van der Waals surface area contributed by atoms with Crippen LogP contribution in [0.2, 0.25) is 0 Å². The molecule has 4 nitrogen and oxygen atoms in total. The quantitative estimate of drug-likeness (QED) is 0.867. The Balaban J connectivity index is 1.81. The Morgan fingerprint density at radius 3 is 2.79 bits per heavy atom. The zero-order valence-electron chi connectivity index (χ0n) is 10.7. The second kappa shape index (κ2) is 6.91. The number of hydrogen-bond acceptors (Lipinski definition) is 3. The van der Waals surface area contributed by atoms with E-state index in [1.165, 1.54) is 0 Å². The molecule has 104 valence electrons. The fourth-order valence-corrected chi connectivity index (χ4v) is 2.92. The van der Waals surface area contributed by atoms with Crippen molar-refractivity contribution >= 4 is 22.0 Å². The minimum atomic E-state index is -0.287. The number of rotatable bonds is 3. The smallest absolute Gasteiger partial charge is 0.410 e. The van der Waals surface area contributed by atoms with Gasteiger partial charge in [0.15, 0.2) is 0 Å². The first-order valence-electron chi connectivity index (χ1n) is 6.41. The van der Waals surface area contributed by atoms with Crippen molar-refractivity contribution in [3.05, 3.63) is 35.9 Å². The van der Waals surface area contributed by atoms with Crippen LogP contribution in [0, 0.1) is 5.92 Å². The summed E-state index contributed by atoms with van der Waals surface area (Å²) in [6.45, 7) is 1.68. The van der Waals surface area contributed by atoms with Crippen molar-refractivity contribution in [2.45, 2.75) is 17.9 Å². The van der Waals surface area contributed by atoms with Crippen molar-refractivity contribution in [1.29, 1.82) is 0 Å². The topological polar surface area (TPSA) is 49.8 Å². The molecule has 0 saturated carbocycles. The summed E-state index contributed by atoms with van der Waals surface area (Å²) in [7, 11) is 0. The average Bonchev–Trinajstić information content (AvgIpc) is 2.45. The van der Waals surface area contributed by atoms with E-state index in [-0.39, 0.29) is 23.4 Å². The standard InChI is InChI=1S/C14H18BrNO3/c15-13-8-16(7-6-12(13)9-17)14(18)19-10-11-4-2-1-3-5-11/h1-5,12-13,17H,6-10H2. The predicted octanol–water partition coefficient (Wildman–Crippen LogP) is 2.40. The van der Waals surface area contributed by atoms with Gasteiger partial charge in [-0.2, -0.15) is 0 Å². The Morgan fingerprint density at radius 1 is 1.42 bits per heavy atom. The molecule has 0 aromatic heterocycles. The van der Waals surface area contributed by atoms with Crippen molar-refractivity contribution < 1.29 is 14.6 Å². The Labute approximate surface area is 121 Å². The van der Waals surface area contributed by atoms with Gasteiger partial charge >= 0.3 is 6.09 Å². The molecule has 2 unspecified atom stereocenters. The van der Waals surface area contributed by atoms with Gasteiger partial charge in [0.2, 0.25) is 0 Å². The molecule has 0 spiro atoms. The number of amides is 1. The minimum Gasteiger partial charge on any atom is -0.445 e. The van der Waals surface area contributed by atoms with Crippen LogP contribution >= 0.6 is 15.9 Å². The lowest BCUT2D eigenvalue weighted by Crippen LogP contribution is -2.45. The van der Waals surface area contributed by atoms with E-state index in [0.717, 1.165) is 12.0 Å². The van der Waals surface area contributed by atoms with Gasteiger partial charge in [-0.05, 0) is 17.9 Å². The summed E-state index contributed by atoms with van der Waals surface area (Å²) >= 11 is 3.51. The van der Waals surface area contributed by atoms with Crippen molar-refractivity contribution in [1.82, 2.24) is 4.90 Å². The fourth-order valence-electron chi connectivity index (χ4n) is 2.14. The van der Waals surface area contributed by atoms with Gasteiger partial charge in [0.05, 0.1) is 0 Å². The van der Waals surface area contributed by atoms with E-state index in [1.54, 1.807) is 4.90 Å². The number of alkyl halides is 1. The maximum atomic E-state index is 11.9. The van der Waals surface area contributed by atoms with Gasteiger partial charge in [0, 0.05) is 24.5 Å². The van der Waals surface area contributed by atoms with E-state index in [0.29, 0.717) is 19.7 Å². The molecule has 1 aliphatic heterocycles. The molecule has 19 heavy (non-hydrogen) atoms. The first-order chi connectivity index (χ1) is 9.20. The van der Waals surface area contributed by atoms with Crippen molar-refractivity contribution in [2.75, 3.05) is 19.7 Å². The molecular weight excluding hydrogens is 310 g/mol. The summed E-state index contributed by atoms with van der Waals surface area (Å²) in [4.78, 5) is 13.8. The molecule has 1 heterocycles. The molecule has 0 radical (unpaired) electrons. The average molecular weight is 328 g/mol. The number of ether oxygens (including phenoxy) is 1. The molecule has 1 aromatic rings. The number of likely N-dealkylation sites (tertiary alicyclic amines) is 1. The van der Waals surface area contributed by atoms with Crippen LogP contribution in [0.4, 0.5) is 4.79 Å². The van der Waals surface area contributed by atoms with Crippen LogP contribution in [-0.4, -0.2) is 40.6 Å². The first kappa shape index (κ1) is 14.3. The van der Waals surface area contributed by atoms with Gasteiger partial charge in [-0.25, -0.2) is 4.79 Å². The number of aliphatic hydroxyl groups excluding tert-OH is 1. The Kier molecular flexibility index (Phi) is 5.22. The van der Waals surface area contributed by atoms with Gasteiger partial charge < -0.3 is 14.7 Å². The van der Waals surface area contributed by atoms with E-state index >= 15 is 0 Å². The highest BCUT2D eigenvalue weighted by Crippen LogP contribution is 2.24. The number of nitrogens with zero attached hydrogens (tertiary/aromatic N) is 1. The summed E-state index contributed by atoms with van der Waals surface area (Å²) in [5.74, 6) is 0.221. The zero-order chi connectivity index (χ0) is 13.7. The summed E-state index contributed by atoms with van der Waals surface area (Å²) in [6.07, 6.45) is 0.511. The van der Waals surface area contributed by atoms with E-state index < -0.39 is 0 Å². The van der Waals surface area contributed by atoms with Gasteiger partial charge in [0.1, 0.15) is 6.61 Å². The number of piperidine rings is 1. The SMILES string of the molecule is O=C(OCc1ccccc1)N1CCC(CO)C(Br)C1. The lowest BCUT2D eigenvalue weighted by atomic mass is 9.98. The highest BCUT2D eigenvalue weighted by molar-refractivity contribution is 9.09. The lowest BCUT2D eigenvalue weighted by molar-refractivity contribution is 0.0769. The molecule has 1 N–H and O–H groups in total. The van der Waals surface area contributed by atoms with Crippen LogP contribution in [-0.2, 0) is 11.3 Å². The summed E-state index contributed by atoms with van der Waals surface area (Å²) < 4.78 is 5.29. The first-order valence-corrected chi connectivity index (χ1v) is 7.33. The molecule has 1 aliphatic rings. The van der Waals surface area contributed by atoms with E-state index in [4.69, 9.17) is 4.74 Å². The van der Waals surface area contributed by atoms with Gasteiger partial charge in [-0.1, -0.05) is 46.3 Å². The lowest BCUT2D eigenvalue weighted by Gasteiger charge is -2.34. The number of hydrogen-bond donors (Lipinski definition) is 1. The zero-order valence-corrected chi connectivity index (χ0v) is 12.3. The third-order valence-electron chi connectivity index (χ3n) is 3.37. The van der Waals surface area contributed by atoms with Gasteiger partial charge in [-0.3, -0.25) is 0 Å². The molecule has 1 amide bonds. The maximum absolute atomic E-state index is 11.9. The monoisotopic (exact) mass is 327 g/mol. The number of carbonyl (C=O) groups is 1. The molecule has 1 fully saturated rings. The predicted molar refractivity (Wildman–Crippen MR) is 76.1 cm³/mol. The summed E-state index contributed by atoms with van der Waals surface area (Å²) in [5.41, 5.74) is 0.983. The van der Waals surface area contributed by atoms with Crippen LogP contribution in [0.1, 0.15) is 12.0 Å². The molecule has 5 heteroatoms. The number of benzene rings is 1. The highest BCUT2D eigenvalue weighted by atomic mass is 79.9. The molecule has 2 atom stereocenters. The second-order valence-electron chi connectivity index (χ2n) is 4.73. The van der Waals surface area contributed by atoms with Crippen LogP contribution in [0.25, 0.3) is 0 Å². The van der Waals surface area contributed by atoms with Crippen molar-refractivity contribution in [3.63, 3.8) is 0 Å². The third kappa shape index (κ3) is 3.94. The van der Waals surface area contributed by atoms with Gasteiger partial charge in [-0.15, -0.1) is 0 Å². The minimum absolute atomic E-state index is 0.135. The normalized spacial score (nSPS) is 23.2. The highest BCUT2D eigenvalue weighted by Gasteiger charge is 2.29. The largest absolute Gasteiger partial charge is 0.445 e. The molecule has 1 saturated heterocycles. The molecule has 0 aliphatic carbocycles. The fraction of sp³-hybridized carbons (Fsp3) is 0.500. The third-order valence-corrected chi connectivity index (χ3v) is 4.41. The molecular formula is C14H18BrNO3. The molecule has 2 rings (SSSR count). The molecule has 1 aromatic carbocycles. The van der Waals surface area contributed by atoms with Crippen LogP contribution < -0.4 is 0 Å². The van der Waals surface area contributed by atoms with E-state index in [2.05, 4.69) is 15.9 Å². The van der Waals surface area contributed by atoms with Crippen molar-refractivity contribution in [2.24, 2.45) is 5.92 Å². The summed E-state index contributed by atoms with van der Waals surface area (Å²) in [5, 5.41) is 9.17. The van der Waals surface area contributed by atoms with Gasteiger partial charge in [0.25, 0.3) is 0 Å². The van der Waals surface area contributed by atoms with E-state index in [1.807, 2.05) is 30.3 Å². The van der Waals surface area contributed by atoms with Crippen LogP contribution in [0.3, 0.4) is 0 Å². The number of halogens is 1. The Bertz CT molecular complexity index is 412. The Morgan fingerprint density at radius 2 is 2.16 bits per heavy atom. The number of aliphatic hydroxyl groups is 1. The van der Waals surface area contributed by atoms with E-state index in [9.17, 15) is 9.90 Å².